The van der Waals surface area contributed by atoms with Crippen LogP contribution in [-0.2, 0) is 4.79 Å². The molecule has 0 radical (unpaired) electrons. The molecule has 0 saturated carbocycles. The van der Waals surface area contributed by atoms with Crippen LogP contribution in [-0.4, -0.2) is 53.2 Å². The molecule has 23 heavy (non-hydrogen) atoms. The zero-order chi connectivity index (χ0) is 15.9. The second kappa shape index (κ2) is 6.98. The van der Waals surface area contributed by atoms with E-state index in [4.69, 9.17) is 5.73 Å². The van der Waals surface area contributed by atoms with Gasteiger partial charge in [0.05, 0.1) is 11.1 Å². The van der Waals surface area contributed by atoms with Gasteiger partial charge in [0, 0.05) is 23.6 Å². The first-order chi connectivity index (χ1) is 10.5. The number of carbonyl (C=O) groups excluding carboxylic acids is 3. The molecule has 1 saturated heterocycles. The number of carbonyl (C=O) groups is 3. The summed E-state index contributed by atoms with van der Waals surface area (Å²) in [5.41, 5.74) is 6.54. The maximum Gasteiger partial charge on any atom is 0.262 e. The van der Waals surface area contributed by atoms with Crippen LogP contribution in [0.2, 0.25) is 0 Å². The van der Waals surface area contributed by atoms with Crippen molar-refractivity contribution in [2.45, 2.75) is 18.9 Å². The van der Waals surface area contributed by atoms with Crippen molar-refractivity contribution in [3.05, 3.63) is 33.8 Å². The van der Waals surface area contributed by atoms with E-state index in [1.165, 1.54) is 0 Å². The molecule has 1 fully saturated rings. The maximum atomic E-state index is 12.3. The molecule has 0 aromatic heterocycles. The normalized spacial score (nSPS) is 20.3. The molecule has 124 valence electrons. The lowest BCUT2D eigenvalue weighted by Crippen LogP contribution is -2.49. The molecule has 2 aliphatic heterocycles. The Morgan fingerprint density at radius 2 is 1.96 bits per heavy atom. The fourth-order valence-corrected chi connectivity index (χ4v) is 3.24. The Morgan fingerprint density at radius 3 is 2.65 bits per heavy atom. The first-order valence-electron chi connectivity index (χ1n) is 7.16. The number of fused-ring (bicyclic) bond motifs is 1. The predicted molar refractivity (Wildman–Crippen MR) is 90.5 cm³/mol. The van der Waals surface area contributed by atoms with Crippen molar-refractivity contribution < 1.29 is 14.4 Å². The molecule has 1 aromatic rings. The third-order valence-corrected chi connectivity index (χ3v) is 4.53. The molecule has 1 aromatic carbocycles. The fraction of sp³-hybridized carbons (Fsp3) is 0.400. The van der Waals surface area contributed by atoms with Gasteiger partial charge in [-0.15, -0.1) is 12.4 Å². The summed E-state index contributed by atoms with van der Waals surface area (Å²) >= 11 is 3.28. The van der Waals surface area contributed by atoms with E-state index in [0.717, 1.165) is 22.2 Å². The zero-order valence-electron chi connectivity index (χ0n) is 12.3. The van der Waals surface area contributed by atoms with Gasteiger partial charge in [0.15, 0.2) is 0 Å². The van der Waals surface area contributed by atoms with E-state index >= 15 is 0 Å². The van der Waals surface area contributed by atoms with Gasteiger partial charge in [0.1, 0.15) is 6.54 Å². The quantitative estimate of drug-likeness (QED) is 0.758. The van der Waals surface area contributed by atoms with E-state index < -0.39 is 11.8 Å². The molecule has 3 rings (SSSR count). The minimum absolute atomic E-state index is 0. The van der Waals surface area contributed by atoms with E-state index in [2.05, 4.69) is 15.9 Å². The predicted octanol–water partition coefficient (Wildman–Crippen LogP) is 1.42. The highest BCUT2D eigenvalue weighted by atomic mass is 79.9. The smallest absolute Gasteiger partial charge is 0.262 e. The van der Waals surface area contributed by atoms with Gasteiger partial charge < -0.3 is 10.6 Å². The number of hydrogen-bond donors (Lipinski definition) is 1. The zero-order valence-corrected chi connectivity index (χ0v) is 14.7. The monoisotopic (exact) mass is 401 g/mol. The summed E-state index contributed by atoms with van der Waals surface area (Å²) in [7, 11) is 0. The highest BCUT2D eigenvalue weighted by Crippen LogP contribution is 2.26. The SMILES string of the molecule is Cl.NC1CCCN(C(=O)CN2C(=O)c3ccc(Br)cc3C2=O)C1. The standard InChI is InChI=1S/C15H16BrN3O3.ClH/c16-9-3-4-11-12(6-9)15(22)19(14(11)21)8-13(20)18-5-1-2-10(17)7-18;/h3-4,6,10H,1-2,5,7-8,17H2;1H. The van der Waals surface area contributed by atoms with Gasteiger partial charge in [-0.2, -0.15) is 0 Å². The van der Waals surface area contributed by atoms with Gasteiger partial charge in [-0.05, 0) is 31.0 Å². The number of imide groups is 1. The average Bonchev–Trinajstić information content (AvgIpc) is 2.72. The number of halogens is 2. The average molecular weight is 403 g/mol. The van der Waals surface area contributed by atoms with Gasteiger partial charge in [-0.3, -0.25) is 19.3 Å². The molecule has 2 N–H and O–H groups in total. The topological polar surface area (TPSA) is 83.7 Å². The third kappa shape index (κ3) is 3.41. The van der Waals surface area contributed by atoms with Crippen molar-refractivity contribution in [1.29, 1.82) is 0 Å². The van der Waals surface area contributed by atoms with Gasteiger partial charge in [-0.25, -0.2) is 0 Å². The van der Waals surface area contributed by atoms with Gasteiger partial charge >= 0.3 is 0 Å². The Morgan fingerprint density at radius 1 is 1.26 bits per heavy atom. The molecule has 0 aliphatic carbocycles. The molecule has 0 spiro atoms. The van der Waals surface area contributed by atoms with Crippen molar-refractivity contribution >= 4 is 46.1 Å². The molecule has 2 heterocycles. The first kappa shape index (κ1) is 17.9. The number of piperidine rings is 1. The highest BCUT2D eigenvalue weighted by Gasteiger charge is 2.37. The first-order valence-corrected chi connectivity index (χ1v) is 7.96. The Hall–Kier alpha value is -1.44. The molecule has 2 aliphatic rings. The Kier molecular flexibility index (Phi) is 5.44. The number of nitrogens with zero attached hydrogens (tertiary/aromatic N) is 2. The largest absolute Gasteiger partial charge is 0.340 e. The van der Waals surface area contributed by atoms with E-state index in [1.807, 2.05) is 0 Å². The lowest BCUT2D eigenvalue weighted by atomic mass is 10.1. The van der Waals surface area contributed by atoms with Crippen LogP contribution in [0.1, 0.15) is 33.6 Å². The van der Waals surface area contributed by atoms with E-state index in [0.29, 0.717) is 24.2 Å². The van der Waals surface area contributed by atoms with Gasteiger partial charge in [0.2, 0.25) is 5.91 Å². The maximum absolute atomic E-state index is 12.3. The minimum Gasteiger partial charge on any atom is -0.340 e. The van der Waals surface area contributed by atoms with Crippen LogP contribution in [0.4, 0.5) is 0 Å². The molecule has 8 heteroatoms. The lowest BCUT2D eigenvalue weighted by Gasteiger charge is -2.31. The summed E-state index contributed by atoms with van der Waals surface area (Å²) in [5.74, 6) is -1.07. The number of benzene rings is 1. The number of nitrogens with two attached hydrogens (primary N) is 1. The van der Waals surface area contributed by atoms with Crippen LogP contribution in [0.5, 0.6) is 0 Å². The summed E-state index contributed by atoms with van der Waals surface area (Å²) in [6.45, 7) is 0.880. The number of rotatable bonds is 2. The third-order valence-electron chi connectivity index (χ3n) is 4.04. The van der Waals surface area contributed by atoms with Gasteiger partial charge in [0.25, 0.3) is 11.8 Å². The Bertz CT molecular complexity index is 667. The molecular weight excluding hydrogens is 386 g/mol. The van der Waals surface area contributed by atoms with Crippen LogP contribution in [0, 0.1) is 0 Å². The Labute approximate surface area is 148 Å². The summed E-state index contributed by atoms with van der Waals surface area (Å²) in [6.07, 6.45) is 1.74. The van der Waals surface area contributed by atoms with Crippen molar-refractivity contribution in [2.75, 3.05) is 19.6 Å². The number of hydrogen-bond acceptors (Lipinski definition) is 4. The summed E-state index contributed by atoms with van der Waals surface area (Å²) < 4.78 is 0.725. The molecule has 3 amide bonds. The molecular formula is C15H17BrClN3O3. The van der Waals surface area contributed by atoms with E-state index in [-0.39, 0.29) is 30.9 Å². The minimum atomic E-state index is -0.420. The molecule has 6 nitrogen and oxygen atoms in total. The van der Waals surface area contributed by atoms with Crippen molar-refractivity contribution in [1.82, 2.24) is 9.80 Å². The Balaban J connectivity index is 0.00000192. The van der Waals surface area contributed by atoms with Crippen LogP contribution >= 0.6 is 28.3 Å². The van der Waals surface area contributed by atoms with E-state index in [9.17, 15) is 14.4 Å². The van der Waals surface area contributed by atoms with Crippen LogP contribution in [0.15, 0.2) is 22.7 Å². The van der Waals surface area contributed by atoms with Crippen LogP contribution < -0.4 is 5.73 Å². The van der Waals surface area contributed by atoms with Crippen molar-refractivity contribution in [3.8, 4) is 0 Å². The fourth-order valence-electron chi connectivity index (χ4n) is 2.88. The highest BCUT2D eigenvalue weighted by molar-refractivity contribution is 9.10. The van der Waals surface area contributed by atoms with Crippen molar-refractivity contribution in [3.63, 3.8) is 0 Å². The summed E-state index contributed by atoms with van der Waals surface area (Å²) in [4.78, 5) is 39.6. The van der Waals surface area contributed by atoms with Crippen molar-refractivity contribution in [2.24, 2.45) is 5.73 Å². The number of likely N-dealkylation sites (tertiary alicyclic amines) is 1. The van der Waals surface area contributed by atoms with E-state index in [1.54, 1.807) is 23.1 Å². The number of amides is 3. The molecule has 1 atom stereocenters. The van der Waals surface area contributed by atoms with Crippen LogP contribution in [0.3, 0.4) is 0 Å². The molecule has 1 unspecified atom stereocenters. The molecule has 0 bridgehead atoms. The van der Waals surface area contributed by atoms with Crippen LogP contribution in [0.25, 0.3) is 0 Å². The summed E-state index contributed by atoms with van der Waals surface area (Å²) in [5, 5.41) is 0. The second-order valence-corrected chi connectivity index (χ2v) is 6.54. The van der Waals surface area contributed by atoms with Gasteiger partial charge in [-0.1, -0.05) is 15.9 Å². The second-order valence-electron chi connectivity index (χ2n) is 5.63. The summed E-state index contributed by atoms with van der Waals surface area (Å²) in [6, 6.07) is 4.88. The lowest BCUT2D eigenvalue weighted by molar-refractivity contribution is -0.132.